The fourth-order valence-electron chi connectivity index (χ4n) is 2.03. The molecule has 3 rings (SSSR count). The number of Topliss-reactive ketones (excluding diaryl/α,β-unsaturated/α-hetero) is 1. The van der Waals surface area contributed by atoms with E-state index in [-0.39, 0.29) is 11.5 Å². The first kappa shape index (κ1) is 10.7. The SMILES string of the molecule is O=C1C(N([O-])c2ccccc2)=Cc2ccccc21. The maximum atomic E-state index is 12.2. The standard InChI is InChI=1S/C15H10NO2/c17-15-13-9-5-4-6-11(13)10-14(15)16(18)12-7-2-1-3-8-12/h1-10H/q-1. The first-order valence-corrected chi connectivity index (χ1v) is 5.65. The Morgan fingerprint density at radius 2 is 1.56 bits per heavy atom. The van der Waals surface area contributed by atoms with E-state index in [1.165, 1.54) is 0 Å². The van der Waals surface area contributed by atoms with Crippen LogP contribution in [0.1, 0.15) is 15.9 Å². The highest BCUT2D eigenvalue weighted by Gasteiger charge is 2.23. The van der Waals surface area contributed by atoms with Gasteiger partial charge >= 0.3 is 0 Å². The first-order chi connectivity index (χ1) is 8.77. The van der Waals surface area contributed by atoms with Gasteiger partial charge < -0.3 is 10.3 Å². The van der Waals surface area contributed by atoms with E-state index < -0.39 is 0 Å². The Bertz CT molecular complexity index is 632. The molecule has 0 unspecified atom stereocenters. The van der Waals surface area contributed by atoms with E-state index in [1.807, 2.05) is 18.2 Å². The van der Waals surface area contributed by atoms with Gasteiger partial charge in [0.15, 0.2) is 0 Å². The van der Waals surface area contributed by atoms with Crippen molar-refractivity contribution in [2.75, 3.05) is 5.06 Å². The highest BCUT2D eigenvalue weighted by atomic mass is 16.5. The fourth-order valence-corrected chi connectivity index (χ4v) is 2.03. The van der Waals surface area contributed by atoms with Crippen LogP contribution in [0.2, 0.25) is 0 Å². The van der Waals surface area contributed by atoms with Gasteiger partial charge in [-0.25, -0.2) is 0 Å². The van der Waals surface area contributed by atoms with Crippen molar-refractivity contribution in [3.8, 4) is 0 Å². The summed E-state index contributed by atoms with van der Waals surface area (Å²) in [6, 6.07) is 16.0. The molecule has 0 aromatic heterocycles. The molecule has 2 aromatic rings. The molecule has 18 heavy (non-hydrogen) atoms. The third kappa shape index (κ3) is 1.61. The fraction of sp³-hybridized carbons (Fsp3) is 0. The lowest BCUT2D eigenvalue weighted by atomic mass is 10.1. The summed E-state index contributed by atoms with van der Waals surface area (Å²) in [6.45, 7) is 0. The van der Waals surface area contributed by atoms with Crippen molar-refractivity contribution in [1.82, 2.24) is 0 Å². The summed E-state index contributed by atoms with van der Waals surface area (Å²) < 4.78 is 0. The topological polar surface area (TPSA) is 43.4 Å². The Balaban J connectivity index is 1.99. The van der Waals surface area contributed by atoms with Crippen molar-refractivity contribution in [1.29, 1.82) is 0 Å². The second-order valence-corrected chi connectivity index (χ2v) is 4.08. The van der Waals surface area contributed by atoms with Crippen LogP contribution >= 0.6 is 0 Å². The highest BCUT2D eigenvalue weighted by molar-refractivity contribution is 6.19. The minimum Gasteiger partial charge on any atom is -0.754 e. The van der Waals surface area contributed by atoms with Gasteiger partial charge in [0.25, 0.3) is 0 Å². The molecule has 3 heteroatoms. The van der Waals surface area contributed by atoms with Gasteiger partial charge in [0.05, 0.1) is 5.70 Å². The quantitative estimate of drug-likeness (QED) is 0.752. The van der Waals surface area contributed by atoms with Crippen LogP contribution in [-0.4, -0.2) is 5.78 Å². The molecule has 0 amide bonds. The second-order valence-electron chi connectivity index (χ2n) is 4.08. The van der Waals surface area contributed by atoms with E-state index in [2.05, 4.69) is 0 Å². The number of hydrogen-bond acceptors (Lipinski definition) is 3. The lowest BCUT2D eigenvalue weighted by Gasteiger charge is -2.30. The molecular formula is C15H10NO2-. The molecule has 0 heterocycles. The largest absolute Gasteiger partial charge is 0.754 e. The molecule has 0 atom stereocenters. The molecule has 0 N–H and O–H groups in total. The molecular weight excluding hydrogens is 226 g/mol. The van der Waals surface area contributed by atoms with Gasteiger partial charge in [-0.2, -0.15) is 0 Å². The number of carbonyl (C=O) groups is 1. The predicted octanol–water partition coefficient (Wildman–Crippen LogP) is 3.23. The average molecular weight is 236 g/mol. The Labute approximate surface area is 105 Å². The molecule has 0 radical (unpaired) electrons. The van der Waals surface area contributed by atoms with Gasteiger partial charge in [-0.15, -0.1) is 0 Å². The van der Waals surface area contributed by atoms with E-state index in [0.29, 0.717) is 16.3 Å². The van der Waals surface area contributed by atoms with Crippen LogP contribution in [0.4, 0.5) is 5.69 Å². The molecule has 1 aliphatic carbocycles. The van der Waals surface area contributed by atoms with Crippen LogP contribution in [0.5, 0.6) is 0 Å². The van der Waals surface area contributed by atoms with Crippen LogP contribution in [0.3, 0.4) is 0 Å². The maximum Gasteiger partial charge on any atom is 0.209 e. The van der Waals surface area contributed by atoms with Crippen molar-refractivity contribution in [2.24, 2.45) is 0 Å². The van der Waals surface area contributed by atoms with Crippen LogP contribution in [0.15, 0.2) is 60.3 Å². The molecule has 1 aliphatic rings. The summed E-state index contributed by atoms with van der Waals surface area (Å²) in [4.78, 5) is 12.1. The lowest BCUT2D eigenvalue weighted by Crippen LogP contribution is -2.18. The second kappa shape index (κ2) is 4.13. The number of allylic oxidation sites excluding steroid dienone is 1. The zero-order valence-corrected chi connectivity index (χ0v) is 9.54. The first-order valence-electron chi connectivity index (χ1n) is 5.65. The van der Waals surface area contributed by atoms with Gasteiger partial charge in [0.2, 0.25) is 5.78 Å². The van der Waals surface area contributed by atoms with Crippen molar-refractivity contribution in [2.45, 2.75) is 0 Å². The van der Waals surface area contributed by atoms with Crippen molar-refractivity contribution < 1.29 is 4.79 Å². The number of nitrogens with zero attached hydrogens (tertiary/aromatic N) is 1. The summed E-state index contributed by atoms with van der Waals surface area (Å²) >= 11 is 0. The molecule has 3 nitrogen and oxygen atoms in total. The van der Waals surface area contributed by atoms with Crippen LogP contribution in [0.25, 0.3) is 6.08 Å². The van der Waals surface area contributed by atoms with Gasteiger partial charge in [-0.1, -0.05) is 42.5 Å². The van der Waals surface area contributed by atoms with Gasteiger partial charge in [-0.3, -0.25) is 4.79 Å². The number of para-hydroxylation sites is 1. The highest BCUT2D eigenvalue weighted by Crippen LogP contribution is 2.29. The van der Waals surface area contributed by atoms with Crippen molar-refractivity contribution >= 4 is 17.5 Å². The number of ketones is 1. The number of benzene rings is 2. The number of carbonyl (C=O) groups excluding carboxylic acids is 1. The smallest absolute Gasteiger partial charge is 0.209 e. The summed E-state index contributed by atoms with van der Waals surface area (Å²) in [6.07, 6.45) is 1.64. The third-order valence-electron chi connectivity index (χ3n) is 2.94. The summed E-state index contributed by atoms with van der Waals surface area (Å²) in [5, 5.41) is 12.8. The number of hydroxylamine groups is 1. The summed E-state index contributed by atoms with van der Waals surface area (Å²) in [7, 11) is 0. The monoisotopic (exact) mass is 236 g/mol. The Hall–Kier alpha value is -2.39. The molecule has 0 bridgehead atoms. The molecule has 0 saturated carbocycles. The van der Waals surface area contributed by atoms with E-state index in [4.69, 9.17) is 0 Å². The molecule has 0 spiro atoms. The van der Waals surface area contributed by atoms with Gasteiger partial charge in [-0.05, 0) is 23.8 Å². The molecule has 88 valence electrons. The van der Waals surface area contributed by atoms with E-state index >= 15 is 0 Å². The molecule has 0 saturated heterocycles. The minimum atomic E-state index is -0.218. The number of anilines is 1. The Morgan fingerprint density at radius 3 is 2.28 bits per heavy atom. The third-order valence-corrected chi connectivity index (χ3v) is 2.94. The zero-order chi connectivity index (χ0) is 12.5. The molecule has 2 aromatic carbocycles. The predicted molar refractivity (Wildman–Crippen MR) is 71.0 cm³/mol. The van der Waals surface area contributed by atoms with Gasteiger partial charge in [0, 0.05) is 11.3 Å². The number of rotatable bonds is 2. The summed E-state index contributed by atoms with van der Waals surface area (Å²) in [5.41, 5.74) is 2.02. The number of fused-ring (bicyclic) bond motifs is 1. The van der Waals surface area contributed by atoms with Crippen LogP contribution < -0.4 is 5.06 Å². The van der Waals surface area contributed by atoms with Gasteiger partial charge in [0.1, 0.15) is 0 Å². The van der Waals surface area contributed by atoms with E-state index in [1.54, 1.807) is 42.5 Å². The van der Waals surface area contributed by atoms with E-state index in [0.717, 1.165) is 5.56 Å². The average Bonchev–Trinajstić information content (AvgIpc) is 2.77. The minimum absolute atomic E-state index is 0.169. The van der Waals surface area contributed by atoms with Crippen LogP contribution in [-0.2, 0) is 0 Å². The lowest BCUT2D eigenvalue weighted by molar-refractivity contribution is 0.103. The van der Waals surface area contributed by atoms with E-state index in [9.17, 15) is 10.0 Å². The zero-order valence-electron chi connectivity index (χ0n) is 9.54. The molecule has 0 fully saturated rings. The van der Waals surface area contributed by atoms with Crippen LogP contribution in [0, 0.1) is 5.21 Å². The van der Waals surface area contributed by atoms with Crippen molar-refractivity contribution in [3.05, 3.63) is 76.6 Å². The maximum absolute atomic E-state index is 12.2. The normalized spacial score (nSPS) is 13.2. The molecule has 0 aliphatic heterocycles. The summed E-state index contributed by atoms with van der Waals surface area (Å²) in [5.74, 6) is -0.218. The Kier molecular flexibility index (Phi) is 2.46. The van der Waals surface area contributed by atoms with Crippen molar-refractivity contribution in [3.63, 3.8) is 0 Å². The Morgan fingerprint density at radius 1 is 0.889 bits per heavy atom. The number of hydrogen-bond donors (Lipinski definition) is 0.